The van der Waals surface area contributed by atoms with Gasteiger partial charge in [0.1, 0.15) is 11.5 Å². The standard InChI is InChI=1S/C22H20BrFN2OS/c23-16-12-10-15(11-13-16)14-20-21(27)26(17-6-2-1-3-7-17)22(28-20)25-19-9-5-4-8-18(19)24/h4-5,8-14,17H,1-3,6-7H2/b20-14-,25-22?. The average Bonchev–Trinajstić information content (AvgIpc) is 3.01. The predicted octanol–water partition coefficient (Wildman–Crippen LogP) is 6.52. The summed E-state index contributed by atoms with van der Waals surface area (Å²) in [6, 6.07) is 14.4. The Bertz CT molecular complexity index is 936. The molecule has 0 spiro atoms. The molecule has 2 fully saturated rings. The van der Waals surface area contributed by atoms with E-state index in [2.05, 4.69) is 20.9 Å². The SMILES string of the molecule is O=C1/C(=C/c2ccc(Br)cc2)SC(=Nc2ccccc2F)N1C1CCCCC1. The van der Waals surface area contributed by atoms with Crippen molar-refractivity contribution in [2.24, 2.45) is 4.99 Å². The topological polar surface area (TPSA) is 32.7 Å². The van der Waals surface area contributed by atoms with Crippen molar-refractivity contribution in [3.8, 4) is 0 Å². The molecule has 0 unspecified atom stereocenters. The number of amides is 1. The molecule has 3 nitrogen and oxygen atoms in total. The first kappa shape index (κ1) is 19.4. The number of thioether (sulfide) groups is 1. The molecule has 0 radical (unpaired) electrons. The van der Waals surface area contributed by atoms with Crippen LogP contribution in [0.5, 0.6) is 0 Å². The van der Waals surface area contributed by atoms with Gasteiger partial charge in [-0.1, -0.05) is 59.5 Å². The molecule has 1 heterocycles. The highest BCUT2D eigenvalue weighted by Crippen LogP contribution is 2.38. The quantitative estimate of drug-likeness (QED) is 0.490. The van der Waals surface area contributed by atoms with E-state index in [1.165, 1.54) is 24.2 Å². The molecule has 0 bridgehead atoms. The summed E-state index contributed by atoms with van der Waals surface area (Å²) in [4.78, 5) is 20.2. The van der Waals surface area contributed by atoms with Crippen LogP contribution in [0.3, 0.4) is 0 Å². The van der Waals surface area contributed by atoms with Gasteiger partial charge in [-0.3, -0.25) is 9.69 Å². The maximum atomic E-state index is 14.2. The number of amidine groups is 1. The summed E-state index contributed by atoms with van der Waals surface area (Å²) in [7, 11) is 0. The Balaban J connectivity index is 1.71. The van der Waals surface area contributed by atoms with Crippen molar-refractivity contribution in [3.63, 3.8) is 0 Å². The third-order valence-electron chi connectivity index (χ3n) is 5.01. The molecule has 6 heteroatoms. The molecule has 2 aliphatic rings. The van der Waals surface area contributed by atoms with Gasteiger partial charge in [0, 0.05) is 10.5 Å². The van der Waals surface area contributed by atoms with Gasteiger partial charge in [0.15, 0.2) is 5.17 Å². The normalized spacial score (nSPS) is 21.1. The third-order valence-corrected chi connectivity index (χ3v) is 6.52. The molecule has 2 aromatic carbocycles. The number of carbonyl (C=O) groups is 1. The number of halogens is 2. The van der Waals surface area contributed by atoms with Crippen molar-refractivity contribution in [3.05, 3.63) is 69.3 Å². The summed E-state index contributed by atoms with van der Waals surface area (Å²) in [5, 5.41) is 0.574. The van der Waals surface area contributed by atoms with Crippen LogP contribution < -0.4 is 0 Å². The summed E-state index contributed by atoms with van der Waals surface area (Å²) in [6.07, 6.45) is 7.24. The van der Waals surface area contributed by atoms with E-state index in [0.717, 1.165) is 35.7 Å². The van der Waals surface area contributed by atoms with Gasteiger partial charge in [-0.25, -0.2) is 9.38 Å². The zero-order valence-corrected chi connectivity index (χ0v) is 17.7. The van der Waals surface area contributed by atoms with Crippen LogP contribution >= 0.6 is 27.7 Å². The number of nitrogens with zero attached hydrogens (tertiary/aromatic N) is 2. The summed E-state index contributed by atoms with van der Waals surface area (Å²) >= 11 is 4.76. The fourth-order valence-corrected chi connectivity index (χ4v) is 4.90. The van der Waals surface area contributed by atoms with E-state index in [1.54, 1.807) is 23.1 Å². The number of rotatable bonds is 3. The minimum absolute atomic E-state index is 0.0325. The summed E-state index contributed by atoms with van der Waals surface area (Å²) in [6.45, 7) is 0. The second-order valence-electron chi connectivity index (χ2n) is 6.97. The van der Waals surface area contributed by atoms with Crippen molar-refractivity contribution in [1.29, 1.82) is 0 Å². The molecule has 1 aliphatic carbocycles. The maximum absolute atomic E-state index is 14.2. The van der Waals surface area contributed by atoms with Crippen molar-refractivity contribution in [2.75, 3.05) is 0 Å². The predicted molar refractivity (Wildman–Crippen MR) is 117 cm³/mol. The Labute approximate surface area is 176 Å². The van der Waals surface area contributed by atoms with Crippen LogP contribution in [0.25, 0.3) is 6.08 Å². The summed E-state index contributed by atoms with van der Waals surface area (Å²) in [5.74, 6) is -0.410. The number of benzene rings is 2. The number of carbonyl (C=O) groups excluding carboxylic acids is 1. The van der Waals surface area contributed by atoms with E-state index in [0.29, 0.717) is 10.1 Å². The minimum atomic E-state index is -0.378. The Kier molecular flexibility index (Phi) is 5.97. The van der Waals surface area contributed by atoms with E-state index in [1.807, 2.05) is 30.3 Å². The molecule has 4 rings (SSSR count). The van der Waals surface area contributed by atoms with Crippen molar-refractivity contribution >= 4 is 50.5 Å². The molecule has 0 aromatic heterocycles. The van der Waals surface area contributed by atoms with E-state index in [4.69, 9.17) is 0 Å². The third kappa shape index (κ3) is 4.23. The number of hydrogen-bond donors (Lipinski definition) is 0. The highest BCUT2D eigenvalue weighted by atomic mass is 79.9. The first-order valence-electron chi connectivity index (χ1n) is 9.44. The van der Waals surface area contributed by atoms with Crippen LogP contribution in [0, 0.1) is 5.82 Å². The van der Waals surface area contributed by atoms with Gasteiger partial charge in [0.25, 0.3) is 5.91 Å². The van der Waals surface area contributed by atoms with Gasteiger partial charge in [0.05, 0.1) is 4.91 Å². The molecular formula is C22H20BrFN2OS. The largest absolute Gasteiger partial charge is 0.283 e. The summed E-state index contributed by atoms with van der Waals surface area (Å²) < 4.78 is 15.1. The first-order valence-corrected chi connectivity index (χ1v) is 11.0. The molecule has 1 saturated heterocycles. The van der Waals surface area contributed by atoms with Crippen LogP contribution in [0.4, 0.5) is 10.1 Å². The molecule has 28 heavy (non-hydrogen) atoms. The lowest BCUT2D eigenvalue weighted by Crippen LogP contribution is -2.40. The molecule has 1 amide bonds. The Hall–Kier alpha value is -1.92. The van der Waals surface area contributed by atoms with Crippen molar-refractivity contribution in [1.82, 2.24) is 4.90 Å². The lowest BCUT2D eigenvalue weighted by molar-refractivity contribution is -0.124. The highest BCUT2D eigenvalue weighted by Gasteiger charge is 2.38. The van der Waals surface area contributed by atoms with Gasteiger partial charge in [-0.2, -0.15) is 0 Å². The lowest BCUT2D eigenvalue weighted by Gasteiger charge is -2.30. The van der Waals surface area contributed by atoms with Gasteiger partial charge >= 0.3 is 0 Å². The molecule has 2 aromatic rings. The van der Waals surface area contributed by atoms with Crippen LogP contribution in [0.15, 0.2) is 62.9 Å². The molecule has 1 aliphatic heterocycles. The summed E-state index contributed by atoms with van der Waals surface area (Å²) in [5.41, 5.74) is 1.22. The van der Waals surface area contributed by atoms with Crippen molar-refractivity contribution in [2.45, 2.75) is 38.1 Å². The molecule has 144 valence electrons. The number of aliphatic imine (C=N–C) groups is 1. The number of para-hydroxylation sites is 1. The monoisotopic (exact) mass is 458 g/mol. The highest BCUT2D eigenvalue weighted by molar-refractivity contribution is 9.10. The van der Waals surface area contributed by atoms with E-state index >= 15 is 0 Å². The van der Waals surface area contributed by atoms with Crippen LogP contribution in [-0.2, 0) is 4.79 Å². The Morgan fingerprint density at radius 2 is 1.79 bits per heavy atom. The molecule has 0 N–H and O–H groups in total. The van der Waals surface area contributed by atoms with Crippen LogP contribution in [0.2, 0.25) is 0 Å². The molecular weight excluding hydrogens is 439 g/mol. The second-order valence-corrected chi connectivity index (χ2v) is 8.90. The maximum Gasteiger partial charge on any atom is 0.267 e. The van der Waals surface area contributed by atoms with Gasteiger partial charge in [-0.05, 0) is 60.5 Å². The van der Waals surface area contributed by atoms with E-state index in [9.17, 15) is 9.18 Å². The van der Waals surface area contributed by atoms with Crippen LogP contribution in [0.1, 0.15) is 37.7 Å². The number of hydrogen-bond acceptors (Lipinski definition) is 3. The fraction of sp³-hybridized carbons (Fsp3) is 0.273. The lowest BCUT2D eigenvalue weighted by atomic mass is 9.94. The zero-order valence-electron chi connectivity index (χ0n) is 15.3. The zero-order chi connectivity index (χ0) is 19.5. The van der Waals surface area contributed by atoms with E-state index < -0.39 is 0 Å². The Morgan fingerprint density at radius 3 is 2.50 bits per heavy atom. The molecule has 1 saturated carbocycles. The van der Waals surface area contributed by atoms with Crippen molar-refractivity contribution < 1.29 is 9.18 Å². The van der Waals surface area contributed by atoms with E-state index in [-0.39, 0.29) is 23.5 Å². The van der Waals surface area contributed by atoms with Crippen LogP contribution in [-0.4, -0.2) is 22.0 Å². The smallest absolute Gasteiger partial charge is 0.267 e. The second kappa shape index (κ2) is 8.62. The van der Waals surface area contributed by atoms with Gasteiger partial charge < -0.3 is 0 Å². The minimum Gasteiger partial charge on any atom is -0.283 e. The average molecular weight is 459 g/mol. The fourth-order valence-electron chi connectivity index (χ4n) is 3.58. The first-order chi connectivity index (χ1) is 13.6. The van der Waals surface area contributed by atoms with Gasteiger partial charge in [0.2, 0.25) is 0 Å². The van der Waals surface area contributed by atoms with Gasteiger partial charge in [-0.15, -0.1) is 0 Å². The molecule has 0 atom stereocenters. The Morgan fingerprint density at radius 1 is 1.07 bits per heavy atom.